The molecule has 1 saturated heterocycles. The minimum Gasteiger partial charge on any atom is -0.334 e. The predicted octanol–water partition coefficient (Wildman–Crippen LogP) is 1.11. The number of rotatable bonds is 2. The van der Waals surface area contributed by atoms with Crippen LogP contribution in [0.4, 0.5) is 4.79 Å². The molecule has 0 radical (unpaired) electrons. The van der Waals surface area contributed by atoms with E-state index in [1.165, 1.54) is 6.42 Å². The third-order valence-corrected chi connectivity index (χ3v) is 2.64. The molecule has 5 heteroatoms. The fourth-order valence-corrected chi connectivity index (χ4v) is 1.76. The van der Waals surface area contributed by atoms with Crippen LogP contribution in [0.15, 0.2) is 12.4 Å². The van der Waals surface area contributed by atoms with E-state index in [1.54, 1.807) is 12.4 Å². The molecule has 1 aromatic rings. The molecule has 1 aliphatic heterocycles. The average molecular weight is 208 g/mol. The fraction of sp³-hybridized carbons (Fsp3) is 0.600. The Morgan fingerprint density at radius 2 is 2.27 bits per heavy atom. The van der Waals surface area contributed by atoms with Gasteiger partial charge in [-0.25, -0.2) is 4.79 Å². The number of hydrogen-bond donors (Lipinski definition) is 2. The number of urea groups is 1. The molecule has 0 bridgehead atoms. The minimum atomic E-state index is 0.0379. The molecule has 82 valence electrons. The maximum atomic E-state index is 11.7. The molecule has 1 aromatic heterocycles. The van der Waals surface area contributed by atoms with E-state index >= 15 is 0 Å². The number of aromatic amines is 1. The molecule has 1 aliphatic rings. The largest absolute Gasteiger partial charge is 0.334 e. The second-order valence-corrected chi connectivity index (χ2v) is 3.81. The number of likely N-dealkylation sites (tertiary alicyclic amines) is 1. The van der Waals surface area contributed by atoms with E-state index in [1.807, 2.05) is 4.90 Å². The maximum absolute atomic E-state index is 11.7. The number of carbonyl (C=O) groups excluding carboxylic acids is 1. The molecular formula is C10H16N4O. The SMILES string of the molecule is O=C(NCc1cn[nH]c1)N1CCCCC1. The Hall–Kier alpha value is -1.52. The van der Waals surface area contributed by atoms with Crippen molar-refractivity contribution in [3.8, 4) is 0 Å². The van der Waals surface area contributed by atoms with Gasteiger partial charge in [-0.3, -0.25) is 5.10 Å². The first kappa shape index (κ1) is 10.0. The number of piperidine rings is 1. The third kappa shape index (κ3) is 2.71. The summed E-state index contributed by atoms with van der Waals surface area (Å²) in [6.45, 7) is 2.32. The molecule has 2 amide bonds. The van der Waals surface area contributed by atoms with E-state index in [9.17, 15) is 4.79 Å². The van der Waals surface area contributed by atoms with E-state index in [0.717, 1.165) is 31.5 Å². The first-order valence-corrected chi connectivity index (χ1v) is 5.37. The lowest BCUT2D eigenvalue weighted by Gasteiger charge is -2.26. The molecule has 0 unspecified atom stereocenters. The van der Waals surface area contributed by atoms with Gasteiger partial charge in [0.1, 0.15) is 0 Å². The van der Waals surface area contributed by atoms with Crippen molar-refractivity contribution < 1.29 is 4.79 Å². The highest BCUT2D eigenvalue weighted by atomic mass is 16.2. The molecule has 2 heterocycles. The molecule has 0 aromatic carbocycles. The first-order valence-electron chi connectivity index (χ1n) is 5.37. The lowest BCUT2D eigenvalue weighted by Crippen LogP contribution is -2.42. The summed E-state index contributed by atoms with van der Waals surface area (Å²) in [5.74, 6) is 0. The van der Waals surface area contributed by atoms with Crippen molar-refractivity contribution in [3.63, 3.8) is 0 Å². The maximum Gasteiger partial charge on any atom is 0.317 e. The van der Waals surface area contributed by atoms with Gasteiger partial charge in [-0.05, 0) is 19.3 Å². The van der Waals surface area contributed by atoms with Crippen LogP contribution < -0.4 is 5.32 Å². The van der Waals surface area contributed by atoms with Crippen LogP contribution in [0.5, 0.6) is 0 Å². The summed E-state index contributed by atoms with van der Waals surface area (Å²) in [4.78, 5) is 13.6. The second kappa shape index (κ2) is 4.82. The molecule has 15 heavy (non-hydrogen) atoms. The quantitative estimate of drug-likeness (QED) is 0.764. The summed E-state index contributed by atoms with van der Waals surface area (Å²) in [7, 11) is 0. The van der Waals surface area contributed by atoms with Gasteiger partial charge >= 0.3 is 6.03 Å². The Morgan fingerprint density at radius 3 is 2.93 bits per heavy atom. The summed E-state index contributed by atoms with van der Waals surface area (Å²) < 4.78 is 0. The standard InChI is InChI=1S/C10H16N4O/c15-10(14-4-2-1-3-5-14)11-6-9-7-12-13-8-9/h7-8H,1-6H2,(H,11,15)(H,12,13). The van der Waals surface area contributed by atoms with E-state index in [2.05, 4.69) is 15.5 Å². The summed E-state index contributed by atoms with van der Waals surface area (Å²) >= 11 is 0. The Kier molecular flexibility index (Phi) is 3.22. The zero-order valence-electron chi connectivity index (χ0n) is 8.70. The molecule has 2 N–H and O–H groups in total. The topological polar surface area (TPSA) is 61.0 Å². The highest BCUT2D eigenvalue weighted by molar-refractivity contribution is 5.74. The fourth-order valence-electron chi connectivity index (χ4n) is 1.76. The molecule has 5 nitrogen and oxygen atoms in total. The van der Waals surface area contributed by atoms with Crippen molar-refractivity contribution in [2.24, 2.45) is 0 Å². The summed E-state index contributed by atoms with van der Waals surface area (Å²) in [5, 5.41) is 9.42. The highest BCUT2D eigenvalue weighted by Gasteiger charge is 2.15. The smallest absolute Gasteiger partial charge is 0.317 e. The minimum absolute atomic E-state index is 0.0379. The third-order valence-electron chi connectivity index (χ3n) is 2.64. The van der Waals surface area contributed by atoms with Crippen LogP contribution in [0.2, 0.25) is 0 Å². The monoisotopic (exact) mass is 208 g/mol. The number of nitrogens with zero attached hydrogens (tertiary/aromatic N) is 2. The van der Waals surface area contributed by atoms with Gasteiger partial charge in [-0.1, -0.05) is 0 Å². The Balaban J connectivity index is 1.76. The Labute approximate surface area is 88.8 Å². The number of nitrogens with one attached hydrogen (secondary N) is 2. The van der Waals surface area contributed by atoms with Gasteiger partial charge in [0, 0.05) is 31.4 Å². The lowest BCUT2D eigenvalue weighted by atomic mass is 10.1. The normalized spacial score (nSPS) is 16.4. The number of hydrogen-bond acceptors (Lipinski definition) is 2. The first-order chi connectivity index (χ1) is 7.36. The summed E-state index contributed by atoms with van der Waals surface area (Å²) in [6.07, 6.45) is 7.00. The summed E-state index contributed by atoms with van der Waals surface area (Å²) in [6, 6.07) is 0.0379. The molecular weight excluding hydrogens is 192 g/mol. The molecule has 0 spiro atoms. The number of amides is 2. The van der Waals surface area contributed by atoms with Gasteiger partial charge in [0.05, 0.1) is 6.20 Å². The van der Waals surface area contributed by atoms with Crippen LogP contribution in [0, 0.1) is 0 Å². The Morgan fingerprint density at radius 1 is 1.47 bits per heavy atom. The van der Waals surface area contributed by atoms with Gasteiger partial charge < -0.3 is 10.2 Å². The summed E-state index contributed by atoms with van der Waals surface area (Å²) in [5.41, 5.74) is 1.00. The predicted molar refractivity (Wildman–Crippen MR) is 56.2 cm³/mol. The van der Waals surface area contributed by atoms with Gasteiger partial charge in [0.15, 0.2) is 0 Å². The number of carbonyl (C=O) groups is 1. The van der Waals surface area contributed by atoms with Crippen LogP contribution >= 0.6 is 0 Å². The van der Waals surface area contributed by atoms with Gasteiger partial charge in [-0.15, -0.1) is 0 Å². The van der Waals surface area contributed by atoms with E-state index < -0.39 is 0 Å². The van der Waals surface area contributed by atoms with Crippen LogP contribution in [-0.2, 0) is 6.54 Å². The molecule has 2 rings (SSSR count). The van der Waals surface area contributed by atoms with Crippen molar-refractivity contribution in [3.05, 3.63) is 18.0 Å². The number of aromatic nitrogens is 2. The molecule has 0 saturated carbocycles. The highest BCUT2D eigenvalue weighted by Crippen LogP contribution is 2.08. The van der Waals surface area contributed by atoms with E-state index in [0.29, 0.717) is 6.54 Å². The van der Waals surface area contributed by atoms with E-state index in [-0.39, 0.29) is 6.03 Å². The van der Waals surface area contributed by atoms with Crippen LogP contribution in [0.1, 0.15) is 24.8 Å². The van der Waals surface area contributed by atoms with Gasteiger partial charge in [0.25, 0.3) is 0 Å². The zero-order valence-corrected chi connectivity index (χ0v) is 8.70. The average Bonchev–Trinajstić information content (AvgIpc) is 2.80. The zero-order chi connectivity index (χ0) is 10.5. The molecule has 0 aliphatic carbocycles. The number of H-pyrrole nitrogens is 1. The van der Waals surface area contributed by atoms with Gasteiger partial charge in [-0.2, -0.15) is 5.10 Å². The van der Waals surface area contributed by atoms with Crippen LogP contribution in [0.25, 0.3) is 0 Å². The Bertz CT molecular complexity index is 303. The van der Waals surface area contributed by atoms with Crippen molar-refractivity contribution >= 4 is 6.03 Å². The van der Waals surface area contributed by atoms with Gasteiger partial charge in [0.2, 0.25) is 0 Å². The molecule has 0 atom stereocenters. The van der Waals surface area contributed by atoms with Crippen LogP contribution in [0.3, 0.4) is 0 Å². The lowest BCUT2D eigenvalue weighted by molar-refractivity contribution is 0.186. The van der Waals surface area contributed by atoms with Crippen molar-refractivity contribution in [1.29, 1.82) is 0 Å². The second-order valence-electron chi connectivity index (χ2n) is 3.81. The van der Waals surface area contributed by atoms with Crippen molar-refractivity contribution in [1.82, 2.24) is 20.4 Å². The molecule has 1 fully saturated rings. The van der Waals surface area contributed by atoms with Crippen molar-refractivity contribution in [2.45, 2.75) is 25.8 Å². The van der Waals surface area contributed by atoms with E-state index in [4.69, 9.17) is 0 Å². The van der Waals surface area contributed by atoms with Crippen molar-refractivity contribution in [2.75, 3.05) is 13.1 Å². The van der Waals surface area contributed by atoms with Crippen LogP contribution in [-0.4, -0.2) is 34.2 Å².